The number of esters is 1. The normalized spacial score (nSPS) is 39.2. The molecule has 4 unspecified atom stereocenters. The highest BCUT2D eigenvalue weighted by Crippen LogP contribution is 2.42. The number of ether oxygens (including phenoxy) is 1. The lowest BCUT2D eigenvalue weighted by Crippen LogP contribution is -2.47. The number of thioether (sulfide) groups is 1. The minimum absolute atomic E-state index is 0.199. The number of hydrogen-bond acceptors (Lipinski definition) is 4. The summed E-state index contributed by atoms with van der Waals surface area (Å²) < 4.78 is 5.11. The highest BCUT2D eigenvalue weighted by Gasteiger charge is 2.44. The van der Waals surface area contributed by atoms with Gasteiger partial charge in [-0.1, -0.05) is 19.8 Å². The van der Waals surface area contributed by atoms with Crippen LogP contribution in [0.4, 0.5) is 0 Å². The Kier molecular flexibility index (Phi) is 5.18. The number of carbonyl (C=O) groups excluding carboxylic acids is 1. The molecule has 2 rings (SSSR count). The third-order valence-corrected chi connectivity index (χ3v) is 6.06. The van der Waals surface area contributed by atoms with Gasteiger partial charge in [-0.2, -0.15) is 11.8 Å². The first-order valence-corrected chi connectivity index (χ1v) is 8.59. The molecule has 4 atom stereocenters. The fourth-order valence-corrected chi connectivity index (χ4v) is 5.31. The first kappa shape index (κ1) is 15.2. The maximum Gasteiger partial charge on any atom is 0.326 e. The van der Waals surface area contributed by atoms with Gasteiger partial charge in [0.2, 0.25) is 0 Å². The summed E-state index contributed by atoms with van der Waals surface area (Å²) in [7, 11) is 0. The van der Waals surface area contributed by atoms with Gasteiger partial charge in [-0.05, 0) is 44.9 Å². The lowest BCUT2D eigenvalue weighted by Gasteiger charge is -2.29. The third-order valence-electron chi connectivity index (χ3n) is 4.46. The van der Waals surface area contributed by atoms with Crippen LogP contribution in [0.1, 0.15) is 58.8 Å². The van der Waals surface area contributed by atoms with Crippen LogP contribution in [0.2, 0.25) is 0 Å². The number of carbonyl (C=O) groups is 1. The van der Waals surface area contributed by atoms with Crippen LogP contribution in [-0.4, -0.2) is 28.6 Å². The first-order valence-electron chi connectivity index (χ1n) is 7.65. The van der Waals surface area contributed by atoms with E-state index < -0.39 is 5.54 Å². The van der Waals surface area contributed by atoms with E-state index >= 15 is 0 Å². The molecule has 2 saturated carbocycles. The van der Waals surface area contributed by atoms with Gasteiger partial charge < -0.3 is 10.5 Å². The first-order chi connectivity index (χ1) is 9.03. The summed E-state index contributed by atoms with van der Waals surface area (Å²) >= 11 is 2.08. The predicted octanol–water partition coefficient (Wildman–Crippen LogP) is 3.11. The Morgan fingerprint density at radius 3 is 2.84 bits per heavy atom. The molecule has 3 nitrogen and oxygen atoms in total. The summed E-state index contributed by atoms with van der Waals surface area (Å²) in [6.07, 6.45) is 8.04. The van der Waals surface area contributed by atoms with Gasteiger partial charge in [-0.25, -0.2) is 0 Å². The second-order valence-electron chi connectivity index (χ2n) is 6.27. The predicted molar refractivity (Wildman–Crippen MR) is 80.2 cm³/mol. The highest BCUT2D eigenvalue weighted by molar-refractivity contribution is 8.00. The molecule has 110 valence electrons. The van der Waals surface area contributed by atoms with E-state index in [4.69, 9.17) is 10.5 Å². The lowest BCUT2D eigenvalue weighted by molar-refractivity contribution is -0.149. The van der Waals surface area contributed by atoms with Gasteiger partial charge in [0.05, 0.1) is 6.61 Å². The molecule has 0 aromatic rings. The fraction of sp³-hybridized carbons (Fsp3) is 0.933. The Balaban J connectivity index is 1.82. The average molecular weight is 285 g/mol. The van der Waals surface area contributed by atoms with Gasteiger partial charge in [0.1, 0.15) is 5.54 Å². The Bertz CT molecular complexity index is 323. The van der Waals surface area contributed by atoms with Crippen LogP contribution in [0.3, 0.4) is 0 Å². The number of hydrogen-bond donors (Lipinski definition) is 1. The monoisotopic (exact) mass is 285 g/mol. The zero-order valence-corrected chi connectivity index (χ0v) is 13.0. The molecular weight excluding hydrogens is 258 g/mol. The summed E-state index contributed by atoms with van der Waals surface area (Å²) in [5, 5.41) is 1.32. The fourth-order valence-electron chi connectivity index (χ4n) is 3.38. The van der Waals surface area contributed by atoms with Crippen LogP contribution in [0.25, 0.3) is 0 Å². The largest absolute Gasteiger partial charge is 0.465 e. The van der Waals surface area contributed by atoms with Crippen LogP contribution in [0.5, 0.6) is 0 Å². The zero-order chi connectivity index (χ0) is 13.9. The Morgan fingerprint density at radius 1 is 1.37 bits per heavy atom. The summed E-state index contributed by atoms with van der Waals surface area (Å²) in [6, 6.07) is 0. The summed E-state index contributed by atoms with van der Waals surface area (Å²) in [5.74, 6) is 0.662. The van der Waals surface area contributed by atoms with Gasteiger partial charge in [0.25, 0.3) is 0 Å². The summed E-state index contributed by atoms with van der Waals surface area (Å²) in [6.45, 7) is 4.62. The van der Waals surface area contributed by atoms with Gasteiger partial charge in [-0.15, -0.1) is 0 Å². The number of rotatable bonds is 4. The van der Waals surface area contributed by atoms with Gasteiger partial charge in [0, 0.05) is 10.5 Å². The van der Waals surface area contributed by atoms with Crippen molar-refractivity contribution < 1.29 is 9.53 Å². The topological polar surface area (TPSA) is 52.3 Å². The molecule has 0 bridgehead atoms. The Morgan fingerprint density at radius 2 is 2.16 bits per heavy atom. The van der Waals surface area contributed by atoms with Crippen molar-refractivity contribution in [3.05, 3.63) is 0 Å². The molecule has 0 aromatic heterocycles. The highest BCUT2D eigenvalue weighted by atomic mass is 32.2. The second-order valence-corrected chi connectivity index (χ2v) is 7.88. The molecule has 0 aliphatic heterocycles. The van der Waals surface area contributed by atoms with E-state index in [0.29, 0.717) is 11.9 Å². The maximum absolute atomic E-state index is 11.9. The lowest BCUT2D eigenvalue weighted by atomic mass is 9.91. The van der Waals surface area contributed by atoms with E-state index in [1.54, 1.807) is 0 Å². The standard InChI is InChI=1S/C15H27NO2S/c1-3-18-14(17)15(16)8-7-13(10-15)19-12-6-4-5-11(2)9-12/h11-13H,3-10,16H2,1-2H3. The van der Waals surface area contributed by atoms with Crippen molar-refractivity contribution in [2.24, 2.45) is 11.7 Å². The van der Waals surface area contributed by atoms with Crippen molar-refractivity contribution in [3.8, 4) is 0 Å². The molecule has 2 aliphatic carbocycles. The van der Waals surface area contributed by atoms with Gasteiger partial charge in [-0.3, -0.25) is 4.79 Å². The minimum atomic E-state index is -0.714. The van der Waals surface area contributed by atoms with Gasteiger partial charge >= 0.3 is 5.97 Å². The van der Waals surface area contributed by atoms with Crippen molar-refractivity contribution in [3.63, 3.8) is 0 Å². The van der Waals surface area contributed by atoms with E-state index in [-0.39, 0.29) is 5.97 Å². The van der Waals surface area contributed by atoms with Crippen molar-refractivity contribution >= 4 is 17.7 Å². The zero-order valence-electron chi connectivity index (χ0n) is 12.2. The maximum atomic E-state index is 11.9. The van der Waals surface area contributed by atoms with E-state index in [1.165, 1.54) is 25.7 Å². The van der Waals surface area contributed by atoms with Gasteiger partial charge in [0.15, 0.2) is 0 Å². The average Bonchev–Trinajstić information content (AvgIpc) is 2.73. The minimum Gasteiger partial charge on any atom is -0.465 e. The van der Waals surface area contributed by atoms with Crippen LogP contribution >= 0.6 is 11.8 Å². The van der Waals surface area contributed by atoms with Crippen LogP contribution in [-0.2, 0) is 9.53 Å². The SMILES string of the molecule is CCOC(=O)C1(N)CCC(SC2CCCC(C)C2)C1. The van der Waals surface area contributed by atoms with Crippen molar-refractivity contribution in [2.75, 3.05) is 6.61 Å². The quantitative estimate of drug-likeness (QED) is 0.806. The molecule has 2 N–H and O–H groups in total. The molecule has 0 aromatic carbocycles. The van der Waals surface area contributed by atoms with E-state index in [0.717, 1.165) is 30.4 Å². The molecule has 0 saturated heterocycles. The van der Waals surface area contributed by atoms with Crippen LogP contribution in [0, 0.1) is 5.92 Å². The van der Waals surface area contributed by atoms with E-state index in [9.17, 15) is 4.79 Å². The molecule has 2 aliphatic rings. The molecule has 0 radical (unpaired) electrons. The van der Waals surface area contributed by atoms with E-state index in [1.807, 2.05) is 6.92 Å². The Labute approximate surface area is 121 Å². The summed E-state index contributed by atoms with van der Waals surface area (Å²) in [5.41, 5.74) is 5.51. The van der Waals surface area contributed by atoms with Crippen molar-refractivity contribution in [1.29, 1.82) is 0 Å². The molecule has 2 fully saturated rings. The van der Waals surface area contributed by atoms with Crippen molar-refractivity contribution in [2.45, 2.75) is 74.8 Å². The van der Waals surface area contributed by atoms with Crippen LogP contribution < -0.4 is 5.73 Å². The van der Waals surface area contributed by atoms with E-state index in [2.05, 4.69) is 18.7 Å². The summed E-state index contributed by atoms with van der Waals surface area (Å²) in [4.78, 5) is 11.9. The molecule has 0 heterocycles. The second kappa shape index (κ2) is 6.49. The molecular formula is C15H27NO2S. The molecule has 4 heteroatoms. The molecule has 0 spiro atoms. The van der Waals surface area contributed by atoms with Crippen LogP contribution in [0.15, 0.2) is 0 Å². The number of nitrogens with two attached hydrogens (primary N) is 1. The third kappa shape index (κ3) is 3.88. The van der Waals surface area contributed by atoms with Crippen molar-refractivity contribution in [1.82, 2.24) is 0 Å². The smallest absolute Gasteiger partial charge is 0.326 e. The molecule has 0 amide bonds. The Hall–Kier alpha value is -0.220. The molecule has 19 heavy (non-hydrogen) atoms.